The molecule has 1 aliphatic rings. The number of carboxylic acids is 1. The van der Waals surface area contributed by atoms with Gasteiger partial charge in [-0.2, -0.15) is 0 Å². The minimum atomic E-state index is -1.36. The van der Waals surface area contributed by atoms with E-state index in [1.54, 1.807) is 6.07 Å². The fraction of sp³-hybridized carbons (Fsp3) is 0.556. The first-order valence-corrected chi connectivity index (χ1v) is 11.1. The largest absolute Gasteiger partial charge is 0.544 e. The lowest BCUT2D eigenvalue weighted by Crippen LogP contribution is -2.37. The van der Waals surface area contributed by atoms with Crippen LogP contribution in [0.4, 0.5) is 0 Å². The average Bonchev–Trinajstić information content (AvgIpc) is 2.36. The monoisotopic (exact) mass is 350 g/mol. The van der Waals surface area contributed by atoms with Crippen LogP contribution in [0, 0.1) is 11.8 Å². The molecule has 0 aromatic heterocycles. The van der Waals surface area contributed by atoms with Crippen molar-refractivity contribution in [3.05, 3.63) is 23.8 Å². The first-order chi connectivity index (χ1) is 11.1. The smallest absolute Gasteiger partial charge is 0.314 e. The van der Waals surface area contributed by atoms with Gasteiger partial charge in [-0.15, -0.1) is 0 Å². The van der Waals surface area contributed by atoms with Gasteiger partial charge >= 0.3 is 11.9 Å². The lowest BCUT2D eigenvalue weighted by Gasteiger charge is -2.30. The zero-order valence-corrected chi connectivity index (χ0v) is 16.1. The Morgan fingerprint density at radius 3 is 2.25 bits per heavy atom. The summed E-state index contributed by atoms with van der Waals surface area (Å²) >= 11 is 0. The third kappa shape index (κ3) is 4.38. The van der Waals surface area contributed by atoms with Gasteiger partial charge in [0.2, 0.25) is 9.04 Å². The normalized spacial score (nSPS) is 20.4. The predicted octanol–water partition coefficient (Wildman–Crippen LogP) is 3.36. The minimum Gasteiger partial charge on any atom is -0.544 e. The van der Waals surface area contributed by atoms with Crippen molar-refractivity contribution < 1.29 is 23.9 Å². The molecule has 5 nitrogen and oxygen atoms in total. The molecule has 132 valence electrons. The maximum atomic E-state index is 12.2. The van der Waals surface area contributed by atoms with Crippen LogP contribution in [-0.4, -0.2) is 26.1 Å². The van der Waals surface area contributed by atoms with Gasteiger partial charge in [0.25, 0.3) is 0 Å². The summed E-state index contributed by atoms with van der Waals surface area (Å²) in [5.41, 5.74) is 1.09. The summed E-state index contributed by atoms with van der Waals surface area (Å²) in [7, 11) is -1.36. The second kappa shape index (κ2) is 6.97. The molecule has 24 heavy (non-hydrogen) atoms. The topological polar surface area (TPSA) is 72.8 Å². The number of rotatable bonds is 5. The fourth-order valence-electron chi connectivity index (χ4n) is 2.61. The van der Waals surface area contributed by atoms with Crippen LogP contribution in [0.5, 0.6) is 11.5 Å². The van der Waals surface area contributed by atoms with E-state index < -0.39 is 20.9 Å². The van der Waals surface area contributed by atoms with Gasteiger partial charge in [0.05, 0.1) is 11.8 Å². The Bertz CT molecular complexity index is 627. The highest BCUT2D eigenvalue weighted by atomic mass is 28.3. The van der Waals surface area contributed by atoms with E-state index in [-0.39, 0.29) is 17.3 Å². The summed E-state index contributed by atoms with van der Waals surface area (Å²) in [6, 6.07) is 5.66. The van der Waals surface area contributed by atoms with E-state index in [0.29, 0.717) is 24.3 Å². The first kappa shape index (κ1) is 18.5. The van der Waals surface area contributed by atoms with Crippen molar-refractivity contribution >= 4 is 21.0 Å². The van der Waals surface area contributed by atoms with Gasteiger partial charge < -0.3 is 14.3 Å². The molecule has 1 aromatic rings. The Morgan fingerprint density at radius 2 is 1.75 bits per heavy atom. The lowest BCUT2D eigenvalue weighted by atomic mass is 9.75. The van der Waals surface area contributed by atoms with Gasteiger partial charge in [0.15, 0.2) is 5.75 Å². The third-order valence-corrected chi connectivity index (χ3v) is 4.93. The van der Waals surface area contributed by atoms with Crippen LogP contribution in [0.2, 0.25) is 13.1 Å². The van der Waals surface area contributed by atoms with E-state index in [9.17, 15) is 9.59 Å². The molecule has 6 heteroatoms. The molecular formula is C18H26O5Si. The molecule has 0 aliphatic heterocycles. The van der Waals surface area contributed by atoms with Crippen molar-refractivity contribution in [1.29, 1.82) is 0 Å². The molecule has 0 heterocycles. The van der Waals surface area contributed by atoms with E-state index in [4.69, 9.17) is 14.3 Å². The summed E-state index contributed by atoms with van der Waals surface area (Å²) in [5.74, 6) is -0.948. The zero-order chi connectivity index (χ0) is 18.1. The first-order valence-electron chi connectivity index (χ1n) is 8.33. The highest BCUT2D eigenvalue weighted by Crippen LogP contribution is 2.38. The predicted molar refractivity (Wildman–Crippen MR) is 94.1 cm³/mol. The molecule has 0 amide bonds. The summed E-state index contributed by atoms with van der Waals surface area (Å²) in [6.07, 6.45) is 0.701. The molecule has 1 N–H and O–H groups in total. The number of carboxylic acid groups (broad SMARTS) is 1. The molecule has 2 rings (SSSR count). The van der Waals surface area contributed by atoms with Crippen molar-refractivity contribution in [1.82, 2.24) is 0 Å². The third-order valence-electron chi connectivity index (χ3n) is 4.20. The molecule has 1 aliphatic carbocycles. The number of esters is 1. The second-order valence-electron chi connectivity index (χ2n) is 7.70. The Balaban J connectivity index is 2.14. The van der Waals surface area contributed by atoms with Crippen LogP contribution in [0.25, 0.3) is 0 Å². The lowest BCUT2D eigenvalue weighted by molar-refractivity contribution is -0.152. The SMILES string of the molecule is C[SiH](C)Oc1cc(C(C)(C)C)ccc1OC(=O)C1CC(C(=O)O)C1. The molecule has 0 radical (unpaired) electrons. The number of ether oxygens (including phenoxy) is 1. The van der Waals surface area contributed by atoms with Gasteiger partial charge in [0, 0.05) is 0 Å². The molecule has 1 saturated carbocycles. The van der Waals surface area contributed by atoms with Gasteiger partial charge in [0.1, 0.15) is 5.75 Å². The fourth-order valence-corrected chi connectivity index (χ4v) is 3.30. The van der Waals surface area contributed by atoms with Crippen molar-refractivity contribution in [3.8, 4) is 11.5 Å². The summed E-state index contributed by atoms with van der Waals surface area (Å²) < 4.78 is 11.5. The van der Waals surface area contributed by atoms with Crippen LogP contribution in [-0.2, 0) is 15.0 Å². The Morgan fingerprint density at radius 1 is 1.12 bits per heavy atom. The summed E-state index contributed by atoms with van der Waals surface area (Å²) in [6.45, 7) is 10.5. The zero-order valence-electron chi connectivity index (χ0n) is 15.0. The molecule has 0 bridgehead atoms. The van der Waals surface area contributed by atoms with Crippen LogP contribution in [0.3, 0.4) is 0 Å². The average molecular weight is 350 g/mol. The minimum absolute atomic E-state index is 0.0259. The van der Waals surface area contributed by atoms with Crippen LogP contribution in [0.1, 0.15) is 39.2 Å². The Kier molecular flexibility index (Phi) is 5.37. The molecule has 0 unspecified atom stereocenters. The maximum Gasteiger partial charge on any atom is 0.314 e. The number of benzene rings is 1. The summed E-state index contributed by atoms with van der Waals surface area (Å²) in [5, 5.41) is 8.90. The van der Waals surface area contributed by atoms with Gasteiger partial charge in [-0.1, -0.05) is 26.8 Å². The van der Waals surface area contributed by atoms with Crippen molar-refractivity contribution in [2.24, 2.45) is 11.8 Å². The van der Waals surface area contributed by atoms with E-state index in [1.807, 2.05) is 12.1 Å². The van der Waals surface area contributed by atoms with E-state index >= 15 is 0 Å². The molecule has 0 saturated heterocycles. The van der Waals surface area contributed by atoms with Crippen molar-refractivity contribution in [2.45, 2.75) is 52.1 Å². The van der Waals surface area contributed by atoms with Crippen LogP contribution >= 0.6 is 0 Å². The van der Waals surface area contributed by atoms with Crippen LogP contribution < -0.4 is 9.16 Å². The van der Waals surface area contributed by atoms with Crippen molar-refractivity contribution in [2.75, 3.05) is 0 Å². The molecule has 0 spiro atoms. The standard InChI is InChI=1S/C18H26O5Si/c1-18(2,3)13-6-7-14(15(10-13)23-24(4)5)22-17(21)12-8-11(9-12)16(19)20/h6-7,10-12,24H,8-9H2,1-5H3,(H,19,20). The van der Waals surface area contributed by atoms with Gasteiger partial charge in [-0.3, -0.25) is 9.59 Å². The number of hydrogen-bond acceptors (Lipinski definition) is 4. The van der Waals surface area contributed by atoms with E-state index in [0.717, 1.165) is 5.56 Å². The number of carbonyl (C=O) groups excluding carboxylic acids is 1. The van der Waals surface area contributed by atoms with Gasteiger partial charge in [-0.25, -0.2) is 0 Å². The quantitative estimate of drug-likeness (QED) is 0.501. The number of carbonyl (C=O) groups is 2. The number of hydrogen-bond donors (Lipinski definition) is 1. The highest BCUT2D eigenvalue weighted by Gasteiger charge is 2.40. The van der Waals surface area contributed by atoms with Gasteiger partial charge in [-0.05, 0) is 49.0 Å². The number of aliphatic carboxylic acids is 1. The highest BCUT2D eigenvalue weighted by molar-refractivity contribution is 6.49. The Hall–Kier alpha value is -1.82. The Labute approximate surface area is 144 Å². The van der Waals surface area contributed by atoms with Crippen molar-refractivity contribution in [3.63, 3.8) is 0 Å². The maximum absolute atomic E-state index is 12.2. The molecular weight excluding hydrogens is 324 g/mol. The molecule has 1 fully saturated rings. The molecule has 1 aromatic carbocycles. The van der Waals surface area contributed by atoms with E-state index in [2.05, 4.69) is 33.9 Å². The van der Waals surface area contributed by atoms with Crippen LogP contribution in [0.15, 0.2) is 18.2 Å². The summed E-state index contributed by atoms with van der Waals surface area (Å²) in [4.78, 5) is 23.1. The second-order valence-corrected chi connectivity index (χ2v) is 10.0. The van der Waals surface area contributed by atoms with E-state index in [1.165, 1.54) is 0 Å². The molecule has 0 atom stereocenters.